The van der Waals surface area contributed by atoms with Gasteiger partial charge in [0.15, 0.2) is 0 Å². The van der Waals surface area contributed by atoms with Gasteiger partial charge in [-0.25, -0.2) is 9.69 Å². The molecule has 5 nitrogen and oxygen atoms in total. The minimum atomic E-state index is -4.48. The number of fused-ring (bicyclic) bond motifs is 1. The van der Waals surface area contributed by atoms with Gasteiger partial charge in [0.2, 0.25) is 0 Å². The van der Waals surface area contributed by atoms with Crippen LogP contribution in [0, 0.1) is 0 Å². The van der Waals surface area contributed by atoms with E-state index in [0.29, 0.717) is 29.7 Å². The van der Waals surface area contributed by atoms with E-state index in [1.165, 1.54) is 18.2 Å². The quantitative estimate of drug-likeness (QED) is 0.402. The van der Waals surface area contributed by atoms with E-state index in [0.717, 1.165) is 17.7 Å². The topological polar surface area (TPSA) is 72.6 Å². The van der Waals surface area contributed by atoms with Crippen LogP contribution >= 0.6 is 0 Å². The van der Waals surface area contributed by atoms with Crippen LogP contribution in [0.4, 0.5) is 13.2 Å². The van der Waals surface area contributed by atoms with Gasteiger partial charge in [-0.1, -0.05) is 60.7 Å². The first-order chi connectivity index (χ1) is 16.7. The number of nitrogens with two attached hydrogens (primary N) is 1. The first kappa shape index (κ1) is 24.2. The van der Waals surface area contributed by atoms with Gasteiger partial charge < -0.3 is 10.5 Å². The van der Waals surface area contributed by atoms with Gasteiger partial charge in [0, 0.05) is 18.7 Å². The summed E-state index contributed by atoms with van der Waals surface area (Å²) in [6.45, 7) is 4.38. The molecule has 2 N–H and O–H groups in total. The zero-order valence-corrected chi connectivity index (χ0v) is 18.7. The Hall–Kier alpha value is -3.91. The number of amides is 1. The Bertz CT molecular complexity index is 1270. The number of esters is 1. The summed E-state index contributed by atoms with van der Waals surface area (Å²) in [5.74, 6) is -1.68. The maximum absolute atomic E-state index is 13.5. The van der Waals surface area contributed by atoms with Gasteiger partial charge in [0.25, 0.3) is 11.6 Å². The molecular weight excluding hydrogens is 457 g/mol. The monoisotopic (exact) mass is 480 g/mol. The van der Waals surface area contributed by atoms with Gasteiger partial charge >= 0.3 is 12.1 Å². The summed E-state index contributed by atoms with van der Waals surface area (Å²) < 4.78 is 44.9. The number of hydrogen-bond donors (Lipinski definition) is 1. The number of carbonyl (C=O) groups is 2. The Balaban J connectivity index is 1.78. The molecule has 0 radical (unpaired) electrons. The molecule has 0 aliphatic carbocycles. The van der Waals surface area contributed by atoms with Crippen LogP contribution in [0.2, 0.25) is 0 Å². The number of nitrogens with zero attached hydrogens (tertiary/aromatic N) is 1. The summed E-state index contributed by atoms with van der Waals surface area (Å²) >= 11 is 0. The summed E-state index contributed by atoms with van der Waals surface area (Å²) in [5, 5.41) is 0. The van der Waals surface area contributed by atoms with Crippen molar-refractivity contribution < 1.29 is 27.5 Å². The predicted octanol–water partition coefficient (Wildman–Crippen LogP) is 4.91. The van der Waals surface area contributed by atoms with Crippen molar-refractivity contribution in [3.05, 3.63) is 108 Å². The van der Waals surface area contributed by atoms with Crippen LogP contribution in [0.15, 0.2) is 85.5 Å². The lowest BCUT2D eigenvalue weighted by Crippen LogP contribution is -2.60. The average molecular weight is 480 g/mol. The van der Waals surface area contributed by atoms with Gasteiger partial charge in [-0.05, 0) is 41.3 Å². The summed E-state index contributed by atoms with van der Waals surface area (Å²) in [7, 11) is 0. The second-order valence-electron chi connectivity index (χ2n) is 8.16. The maximum Gasteiger partial charge on any atom is 0.416 e. The van der Waals surface area contributed by atoms with Crippen molar-refractivity contribution in [2.75, 3.05) is 13.1 Å². The van der Waals surface area contributed by atoms with Crippen molar-refractivity contribution in [3.8, 4) is 11.1 Å². The summed E-state index contributed by atoms with van der Waals surface area (Å²) in [4.78, 5) is 28.1. The highest BCUT2D eigenvalue weighted by Gasteiger charge is 2.51. The fraction of sp³-hybridized carbons (Fsp3) is 0.185. The first-order valence-corrected chi connectivity index (χ1v) is 10.9. The standard InChI is InChI=1S/C27H23F3N2O3/c1-2-16-32-17-15-19-7-3-6-10-23(19)26(32,25(31)34)35-24(33)22-9-5-4-8-21(22)18-11-13-20(14-12-18)27(28,29)30/h2-14H,1,15-17H2,(H2,31,34). The number of primary amides is 1. The maximum atomic E-state index is 13.5. The number of carbonyl (C=O) groups excluding carboxylic acids is 2. The van der Waals surface area contributed by atoms with E-state index >= 15 is 0 Å². The van der Waals surface area contributed by atoms with Gasteiger partial charge in [-0.15, -0.1) is 6.58 Å². The van der Waals surface area contributed by atoms with E-state index in [1.807, 2.05) is 12.1 Å². The highest BCUT2D eigenvalue weighted by atomic mass is 19.4. The van der Waals surface area contributed by atoms with E-state index in [2.05, 4.69) is 6.58 Å². The highest BCUT2D eigenvalue weighted by molar-refractivity contribution is 5.99. The number of benzene rings is 3. The second-order valence-corrected chi connectivity index (χ2v) is 8.16. The molecule has 1 atom stereocenters. The SMILES string of the molecule is C=CCN1CCc2ccccc2C1(OC(=O)c1ccccc1-c1ccc(C(F)(F)F)cc1)C(N)=O. The lowest BCUT2D eigenvalue weighted by atomic mass is 9.88. The number of rotatable bonds is 6. The lowest BCUT2D eigenvalue weighted by Gasteiger charge is -2.44. The molecule has 4 rings (SSSR count). The van der Waals surface area contributed by atoms with E-state index in [9.17, 15) is 22.8 Å². The highest BCUT2D eigenvalue weighted by Crippen LogP contribution is 2.38. The Morgan fingerprint density at radius 1 is 1.03 bits per heavy atom. The minimum Gasteiger partial charge on any atom is -0.426 e. The van der Waals surface area contributed by atoms with Crippen molar-refractivity contribution in [2.45, 2.75) is 18.3 Å². The number of halogens is 3. The van der Waals surface area contributed by atoms with E-state index < -0.39 is 29.3 Å². The van der Waals surface area contributed by atoms with Crippen LogP contribution < -0.4 is 5.73 Å². The third kappa shape index (κ3) is 4.44. The molecule has 0 bridgehead atoms. The smallest absolute Gasteiger partial charge is 0.416 e. The number of alkyl halides is 3. The Labute approximate surface area is 200 Å². The van der Waals surface area contributed by atoms with Crippen molar-refractivity contribution in [1.82, 2.24) is 4.90 Å². The molecule has 0 aromatic heterocycles. The molecule has 1 aliphatic heterocycles. The van der Waals surface area contributed by atoms with Crippen molar-refractivity contribution in [1.29, 1.82) is 0 Å². The molecule has 0 fully saturated rings. The largest absolute Gasteiger partial charge is 0.426 e. The van der Waals surface area contributed by atoms with Gasteiger partial charge in [-0.2, -0.15) is 13.2 Å². The Kier molecular flexibility index (Phi) is 6.49. The van der Waals surface area contributed by atoms with Crippen LogP contribution in [0.25, 0.3) is 11.1 Å². The first-order valence-electron chi connectivity index (χ1n) is 10.9. The molecule has 3 aromatic carbocycles. The van der Waals surface area contributed by atoms with Crippen molar-refractivity contribution >= 4 is 11.9 Å². The number of hydrogen-bond acceptors (Lipinski definition) is 4. The molecule has 35 heavy (non-hydrogen) atoms. The summed E-state index contributed by atoms with van der Waals surface area (Å²) in [6.07, 6.45) is -2.26. The normalized spacial score (nSPS) is 17.9. The molecule has 3 aromatic rings. The van der Waals surface area contributed by atoms with Crippen LogP contribution in [0.3, 0.4) is 0 Å². The second kappa shape index (κ2) is 9.38. The molecule has 1 unspecified atom stereocenters. The molecule has 8 heteroatoms. The van der Waals surface area contributed by atoms with Crippen LogP contribution in [0.1, 0.15) is 27.0 Å². The number of ether oxygens (including phenoxy) is 1. The van der Waals surface area contributed by atoms with Gasteiger partial charge in [0.05, 0.1) is 11.1 Å². The zero-order valence-electron chi connectivity index (χ0n) is 18.7. The van der Waals surface area contributed by atoms with E-state index in [4.69, 9.17) is 10.5 Å². The molecule has 1 aliphatic rings. The molecule has 1 heterocycles. The molecule has 0 saturated carbocycles. The van der Waals surface area contributed by atoms with Crippen LogP contribution in [0.5, 0.6) is 0 Å². The van der Waals surface area contributed by atoms with Crippen molar-refractivity contribution in [3.63, 3.8) is 0 Å². The molecule has 0 saturated heterocycles. The van der Waals surface area contributed by atoms with Crippen LogP contribution in [-0.2, 0) is 27.9 Å². The summed E-state index contributed by atoms with van der Waals surface area (Å²) in [5.41, 5.74) is 5.36. The Morgan fingerprint density at radius 2 is 1.69 bits per heavy atom. The average Bonchev–Trinajstić information content (AvgIpc) is 2.85. The van der Waals surface area contributed by atoms with E-state index in [-0.39, 0.29) is 12.1 Å². The van der Waals surface area contributed by atoms with Crippen LogP contribution in [-0.4, -0.2) is 29.9 Å². The van der Waals surface area contributed by atoms with Gasteiger partial charge in [0.1, 0.15) is 0 Å². The molecule has 0 spiro atoms. The fourth-order valence-electron chi connectivity index (χ4n) is 4.43. The third-order valence-corrected chi connectivity index (χ3v) is 6.07. The zero-order chi connectivity index (χ0) is 25.2. The molecule has 1 amide bonds. The van der Waals surface area contributed by atoms with E-state index in [1.54, 1.807) is 41.3 Å². The van der Waals surface area contributed by atoms with Gasteiger partial charge in [-0.3, -0.25) is 4.79 Å². The fourth-order valence-corrected chi connectivity index (χ4v) is 4.43. The predicted molar refractivity (Wildman–Crippen MR) is 125 cm³/mol. The summed E-state index contributed by atoms with van der Waals surface area (Å²) in [6, 6.07) is 18.0. The minimum absolute atomic E-state index is 0.0921. The molecule has 180 valence electrons. The third-order valence-electron chi connectivity index (χ3n) is 6.07. The molecular formula is C27H23F3N2O3. The van der Waals surface area contributed by atoms with Crippen molar-refractivity contribution in [2.24, 2.45) is 5.73 Å². The lowest BCUT2D eigenvalue weighted by molar-refractivity contribution is -0.166. The Morgan fingerprint density at radius 3 is 2.34 bits per heavy atom.